The summed E-state index contributed by atoms with van der Waals surface area (Å²) < 4.78 is 44.0. The lowest BCUT2D eigenvalue weighted by Gasteiger charge is -2.32. The molecule has 1 saturated heterocycles. The molecule has 0 unspecified atom stereocenters. The molecule has 31 heavy (non-hydrogen) atoms. The molecule has 9 heteroatoms. The molecular formula is C22H28N2O6S. The molecule has 0 saturated carbocycles. The molecule has 0 aliphatic carbocycles. The SMILES string of the molecule is COc1cc(C(=O)N2CCC(NS(=O)(=O)c3ccc(C)cc3)CC2)cc(OC)c1OC. The van der Waals surface area contributed by atoms with Crippen molar-refractivity contribution in [2.75, 3.05) is 34.4 Å². The minimum absolute atomic E-state index is 0.168. The summed E-state index contributed by atoms with van der Waals surface area (Å²) in [6.45, 7) is 2.79. The Hall–Kier alpha value is -2.78. The quantitative estimate of drug-likeness (QED) is 0.700. The fourth-order valence-electron chi connectivity index (χ4n) is 3.59. The number of amides is 1. The number of methoxy groups -OCH3 is 3. The Balaban J connectivity index is 1.67. The van der Waals surface area contributed by atoms with Crippen molar-refractivity contribution in [3.05, 3.63) is 47.5 Å². The van der Waals surface area contributed by atoms with Gasteiger partial charge in [0.1, 0.15) is 0 Å². The van der Waals surface area contributed by atoms with Crippen LogP contribution >= 0.6 is 0 Å². The van der Waals surface area contributed by atoms with Gasteiger partial charge in [0.25, 0.3) is 5.91 Å². The molecule has 1 aliphatic heterocycles. The summed E-state index contributed by atoms with van der Waals surface area (Å²) in [7, 11) is 0.906. The summed E-state index contributed by atoms with van der Waals surface area (Å²) in [5.41, 5.74) is 1.42. The minimum atomic E-state index is -3.59. The Kier molecular flexibility index (Phi) is 7.07. The van der Waals surface area contributed by atoms with E-state index in [1.54, 1.807) is 41.3 Å². The minimum Gasteiger partial charge on any atom is -0.493 e. The van der Waals surface area contributed by atoms with Gasteiger partial charge in [0, 0.05) is 24.7 Å². The number of ether oxygens (including phenoxy) is 3. The highest BCUT2D eigenvalue weighted by Crippen LogP contribution is 2.38. The number of carbonyl (C=O) groups is 1. The van der Waals surface area contributed by atoms with Gasteiger partial charge >= 0.3 is 0 Å². The molecule has 0 spiro atoms. The summed E-state index contributed by atoms with van der Waals surface area (Å²) in [4.78, 5) is 15.0. The summed E-state index contributed by atoms with van der Waals surface area (Å²) in [6.07, 6.45) is 1.06. The first-order chi connectivity index (χ1) is 14.8. The molecular weight excluding hydrogens is 420 g/mol. The van der Waals surface area contributed by atoms with Crippen molar-refractivity contribution in [2.45, 2.75) is 30.7 Å². The van der Waals surface area contributed by atoms with E-state index < -0.39 is 10.0 Å². The molecule has 3 rings (SSSR count). The van der Waals surface area contributed by atoms with Crippen LogP contribution in [0.15, 0.2) is 41.3 Å². The largest absolute Gasteiger partial charge is 0.493 e. The molecule has 1 heterocycles. The lowest BCUT2D eigenvalue weighted by molar-refractivity contribution is 0.0710. The van der Waals surface area contributed by atoms with Crippen LogP contribution in [-0.2, 0) is 10.0 Å². The van der Waals surface area contributed by atoms with Crippen LogP contribution < -0.4 is 18.9 Å². The van der Waals surface area contributed by atoms with Gasteiger partial charge in [-0.2, -0.15) is 0 Å². The second kappa shape index (κ2) is 9.57. The van der Waals surface area contributed by atoms with Crippen LogP contribution in [-0.4, -0.2) is 59.7 Å². The fourth-order valence-corrected chi connectivity index (χ4v) is 4.90. The van der Waals surface area contributed by atoms with Gasteiger partial charge in [-0.05, 0) is 44.0 Å². The van der Waals surface area contributed by atoms with Crippen molar-refractivity contribution in [3.8, 4) is 17.2 Å². The third-order valence-corrected chi connectivity index (χ3v) is 6.88. The molecule has 1 N–H and O–H groups in total. The molecule has 2 aromatic rings. The average molecular weight is 449 g/mol. The topological polar surface area (TPSA) is 94.2 Å². The van der Waals surface area contributed by atoms with Crippen LogP contribution in [0.1, 0.15) is 28.8 Å². The molecule has 8 nitrogen and oxygen atoms in total. The van der Waals surface area contributed by atoms with Crippen LogP contribution in [0.3, 0.4) is 0 Å². The molecule has 0 radical (unpaired) electrons. The van der Waals surface area contributed by atoms with Crippen molar-refractivity contribution in [1.82, 2.24) is 9.62 Å². The van der Waals surface area contributed by atoms with E-state index in [1.807, 2.05) is 6.92 Å². The van der Waals surface area contributed by atoms with Crippen molar-refractivity contribution in [1.29, 1.82) is 0 Å². The smallest absolute Gasteiger partial charge is 0.254 e. The number of hydrogen-bond acceptors (Lipinski definition) is 6. The Morgan fingerprint density at radius 2 is 1.52 bits per heavy atom. The number of carbonyl (C=O) groups excluding carboxylic acids is 1. The van der Waals surface area contributed by atoms with E-state index in [9.17, 15) is 13.2 Å². The number of hydrogen-bond donors (Lipinski definition) is 1. The zero-order valence-electron chi connectivity index (χ0n) is 18.2. The fraction of sp³-hybridized carbons (Fsp3) is 0.409. The predicted octanol–water partition coefficient (Wildman–Crippen LogP) is 2.60. The lowest BCUT2D eigenvalue weighted by Crippen LogP contribution is -2.46. The monoisotopic (exact) mass is 448 g/mol. The van der Waals surface area contributed by atoms with Gasteiger partial charge in [-0.1, -0.05) is 17.7 Å². The summed E-state index contributed by atoms with van der Waals surface area (Å²) in [5, 5.41) is 0. The van der Waals surface area contributed by atoms with Crippen LogP contribution in [0.2, 0.25) is 0 Å². The average Bonchev–Trinajstić information content (AvgIpc) is 2.78. The van der Waals surface area contributed by atoms with Crippen molar-refractivity contribution >= 4 is 15.9 Å². The first-order valence-electron chi connectivity index (χ1n) is 9.97. The maximum atomic E-state index is 13.0. The summed E-state index contributed by atoms with van der Waals surface area (Å²) in [5.74, 6) is 1.07. The third-order valence-electron chi connectivity index (χ3n) is 5.35. The molecule has 0 atom stereocenters. The number of likely N-dealkylation sites (tertiary alicyclic amines) is 1. The first-order valence-corrected chi connectivity index (χ1v) is 11.5. The van der Waals surface area contributed by atoms with Crippen LogP contribution in [0.5, 0.6) is 17.2 Å². The van der Waals surface area contributed by atoms with E-state index in [0.29, 0.717) is 48.7 Å². The number of sulfonamides is 1. The third kappa shape index (κ3) is 5.11. The van der Waals surface area contributed by atoms with Crippen LogP contribution in [0, 0.1) is 6.92 Å². The molecule has 168 valence electrons. The van der Waals surface area contributed by atoms with E-state index in [1.165, 1.54) is 21.3 Å². The molecule has 1 fully saturated rings. The second-order valence-corrected chi connectivity index (χ2v) is 9.13. The highest BCUT2D eigenvalue weighted by Gasteiger charge is 2.28. The molecule has 0 bridgehead atoms. The highest BCUT2D eigenvalue weighted by atomic mass is 32.2. The number of rotatable bonds is 7. The van der Waals surface area contributed by atoms with Gasteiger partial charge in [-0.15, -0.1) is 0 Å². The van der Waals surface area contributed by atoms with Crippen molar-refractivity contribution < 1.29 is 27.4 Å². The lowest BCUT2D eigenvalue weighted by atomic mass is 10.0. The Labute approximate surface area is 183 Å². The Bertz CT molecular complexity index is 1000. The van der Waals surface area contributed by atoms with E-state index in [-0.39, 0.29) is 16.8 Å². The summed E-state index contributed by atoms with van der Waals surface area (Å²) >= 11 is 0. The van der Waals surface area contributed by atoms with Gasteiger partial charge in [0.05, 0.1) is 26.2 Å². The maximum absolute atomic E-state index is 13.0. The second-order valence-electron chi connectivity index (χ2n) is 7.41. The molecule has 1 aliphatic rings. The number of benzene rings is 2. The van der Waals surface area contributed by atoms with E-state index in [0.717, 1.165) is 5.56 Å². The highest BCUT2D eigenvalue weighted by molar-refractivity contribution is 7.89. The number of nitrogens with zero attached hydrogens (tertiary/aromatic N) is 1. The number of nitrogens with one attached hydrogen (secondary N) is 1. The zero-order valence-corrected chi connectivity index (χ0v) is 19.0. The van der Waals surface area contributed by atoms with Gasteiger partial charge in [-0.3, -0.25) is 4.79 Å². The predicted molar refractivity (Wildman–Crippen MR) is 117 cm³/mol. The molecule has 1 amide bonds. The first kappa shape index (κ1) is 22.9. The summed E-state index contributed by atoms with van der Waals surface area (Å²) in [6, 6.07) is 9.75. The maximum Gasteiger partial charge on any atom is 0.254 e. The Morgan fingerprint density at radius 1 is 0.968 bits per heavy atom. The number of piperidine rings is 1. The molecule has 0 aromatic heterocycles. The normalized spacial score (nSPS) is 14.9. The molecule has 2 aromatic carbocycles. The van der Waals surface area contributed by atoms with Crippen LogP contribution in [0.4, 0.5) is 0 Å². The van der Waals surface area contributed by atoms with Crippen LogP contribution in [0.25, 0.3) is 0 Å². The Morgan fingerprint density at radius 3 is 2.00 bits per heavy atom. The zero-order chi connectivity index (χ0) is 22.6. The number of aryl methyl sites for hydroxylation is 1. The standard InChI is InChI=1S/C22H28N2O6S/c1-15-5-7-18(8-6-15)31(26,27)23-17-9-11-24(12-10-17)22(25)16-13-19(28-2)21(30-4)20(14-16)29-3/h5-8,13-14,17,23H,9-12H2,1-4H3. The van der Waals surface area contributed by atoms with Crippen molar-refractivity contribution in [2.24, 2.45) is 0 Å². The van der Waals surface area contributed by atoms with Crippen molar-refractivity contribution in [3.63, 3.8) is 0 Å². The van der Waals surface area contributed by atoms with Gasteiger partial charge < -0.3 is 19.1 Å². The van der Waals surface area contributed by atoms with E-state index >= 15 is 0 Å². The van der Waals surface area contributed by atoms with Gasteiger partial charge in [-0.25, -0.2) is 13.1 Å². The van der Waals surface area contributed by atoms with E-state index in [4.69, 9.17) is 14.2 Å². The van der Waals surface area contributed by atoms with E-state index in [2.05, 4.69) is 4.72 Å². The van der Waals surface area contributed by atoms with Gasteiger partial charge in [0.2, 0.25) is 15.8 Å². The van der Waals surface area contributed by atoms with Gasteiger partial charge in [0.15, 0.2) is 11.5 Å².